The third-order valence-corrected chi connectivity index (χ3v) is 5.64. The van der Waals surface area contributed by atoms with Gasteiger partial charge in [-0.2, -0.15) is 26.3 Å². The second kappa shape index (κ2) is 8.89. The van der Waals surface area contributed by atoms with Crippen molar-refractivity contribution in [1.29, 1.82) is 0 Å². The number of benzene rings is 1. The number of halogens is 6. The van der Waals surface area contributed by atoms with Gasteiger partial charge >= 0.3 is 18.3 Å². The smallest absolute Gasteiger partial charge is 0.416 e. The van der Waals surface area contributed by atoms with E-state index >= 15 is 0 Å². The molecule has 2 aliphatic rings. The van der Waals surface area contributed by atoms with Crippen molar-refractivity contribution in [3.8, 4) is 0 Å². The third kappa shape index (κ3) is 5.43. The minimum atomic E-state index is -5.00. The van der Waals surface area contributed by atoms with E-state index in [9.17, 15) is 36.2 Å². The summed E-state index contributed by atoms with van der Waals surface area (Å²) in [7, 11) is 0. The van der Waals surface area contributed by atoms with E-state index in [1.54, 1.807) is 0 Å². The van der Waals surface area contributed by atoms with E-state index in [2.05, 4.69) is 0 Å². The highest BCUT2D eigenvalue weighted by atomic mass is 19.4. The van der Waals surface area contributed by atoms with Crippen LogP contribution >= 0.6 is 0 Å². The molecule has 0 spiro atoms. The molecule has 10 heteroatoms. The lowest BCUT2D eigenvalue weighted by Crippen LogP contribution is -2.40. The third-order valence-electron chi connectivity index (χ3n) is 5.64. The lowest BCUT2D eigenvalue weighted by Gasteiger charge is -2.40. The summed E-state index contributed by atoms with van der Waals surface area (Å²) in [5.41, 5.74) is -3.13. The summed E-state index contributed by atoms with van der Waals surface area (Å²) in [4.78, 5) is 11.9. The van der Waals surface area contributed by atoms with Crippen molar-refractivity contribution in [2.45, 2.75) is 57.4 Å². The minimum absolute atomic E-state index is 0.0401. The maximum Gasteiger partial charge on any atom is 0.416 e. The SMILES string of the molecule is C[C@@H](O[C@@]1(C)OC=CC(C(=O)O)=C1C1C=CCCC1)c1cc(C(F)(F)F)cc(C(F)(F)F)c1. The van der Waals surface area contributed by atoms with Crippen LogP contribution in [-0.2, 0) is 26.6 Å². The fraction of sp³-hybridized carbons (Fsp3) is 0.435. The van der Waals surface area contributed by atoms with E-state index in [1.807, 2.05) is 12.2 Å². The Balaban J connectivity index is 2.04. The number of carboxylic acid groups (broad SMARTS) is 1. The van der Waals surface area contributed by atoms with E-state index in [0.29, 0.717) is 18.6 Å². The first kappa shape index (κ1) is 24.9. The van der Waals surface area contributed by atoms with E-state index in [1.165, 1.54) is 19.9 Å². The van der Waals surface area contributed by atoms with Crippen LogP contribution in [0.3, 0.4) is 0 Å². The van der Waals surface area contributed by atoms with Gasteiger partial charge in [-0.25, -0.2) is 4.79 Å². The Labute approximate surface area is 186 Å². The quantitative estimate of drug-likeness (QED) is 0.375. The van der Waals surface area contributed by atoms with Crippen LogP contribution in [0.25, 0.3) is 0 Å². The van der Waals surface area contributed by atoms with Crippen molar-refractivity contribution in [2.75, 3.05) is 0 Å². The molecular weight excluding hydrogens is 454 g/mol. The Hall–Kier alpha value is -2.75. The molecule has 4 nitrogen and oxygen atoms in total. The number of hydrogen-bond donors (Lipinski definition) is 1. The summed E-state index contributed by atoms with van der Waals surface area (Å²) in [6.45, 7) is 2.70. The molecule has 0 fully saturated rings. The van der Waals surface area contributed by atoms with Gasteiger partial charge in [-0.1, -0.05) is 12.2 Å². The van der Waals surface area contributed by atoms with Gasteiger partial charge in [0.05, 0.1) is 29.1 Å². The Morgan fingerprint density at radius 1 is 1.15 bits per heavy atom. The van der Waals surface area contributed by atoms with Crippen LogP contribution in [0.2, 0.25) is 0 Å². The second-order valence-electron chi connectivity index (χ2n) is 8.06. The number of ether oxygens (including phenoxy) is 2. The first-order chi connectivity index (χ1) is 15.2. The monoisotopic (exact) mass is 476 g/mol. The van der Waals surface area contributed by atoms with Crippen molar-refractivity contribution in [3.05, 3.63) is 70.5 Å². The van der Waals surface area contributed by atoms with Gasteiger partial charge in [-0.05, 0) is 56.0 Å². The average Bonchev–Trinajstić information content (AvgIpc) is 2.72. The van der Waals surface area contributed by atoms with Gasteiger partial charge < -0.3 is 14.6 Å². The summed E-state index contributed by atoms with van der Waals surface area (Å²) in [5.74, 6) is -3.34. The molecule has 1 N–H and O–H groups in total. The van der Waals surface area contributed by atoms with Crippen LogP contribution in [0.5, 0.6) is 0 Å². The van der Waals surface area contributed by atoms with Crippen molar-refractivity contribution < 1.29 is 45.7 Å². The molecule has 180 valence electrons. The van der Waals surface area contributed by atoms with Crippen molar-refractivity contribution >= 4 is 5.97 Å². The number of allylic oxidation sites excluding steroid dienone is 2. The van der Waals surface area contributed by atoms with Crippen molar-refractivity contribution in [2.24, 2.45) is 5.92 Å². The fourth-order valence-corrected chi connectivity index (χ4v) is 4.12. The molecule has 1 aromatic carbocycles. The molecule has 1 aromatic rings. The standard InChI is InChI=1S/C23H22F6O4/c1-13(15-10-16(22(24,25)26)12-17(11-15)23(27,28)29)33-21(2)19(14-6-4-3-5-7-14)18(20(30)31)8-9-32-21/h4,6,8-14H,3,5,7H2,1-2H3,(H,30,31)/t13-,14?,21-/m1/s1. The summed E-state index contributed by atoms with van der Waals surface area (Å²) < 4.78 is 91.0. The lowest BCUT2D eigenvalue weighted by molar-refractivity contribution is -0.201. The predicted octanol–water partition coefficient (Wildman–Crippen LogP) is 6.80. The Kier molecular flexibility index (Phi) is 6.70. The minimum Gasteiger partial charge on any atom is -0.478 e. The Bertz CT molecular complexity index is 973. The molecule has 1 unspecified atom stereocenters. The zero-order valence-electron chi connectivity index (χ0n) is 17.8. The van der Waals surface area contributed by atoms with E-state index in [0.717, 1.165) is 19.1 Å². The molecule has 1 aliphatic heterocycles. The van der Waals surface area contributed by atoms with Crippen LogP contribution < -0.4 is 0 Å². The Morgan fingerprint density at radius 3 is 2.24 bits per heavy atom. The highest BCUT2D eigenvalue weighted by Crippen LogP contribution is 2.44. The van der Waals surface area contributed by atoms with Crippen molar-refractivity contribution in [1.82, 2.24) is 0 Å². The summed E-state index contributed by atoms with van der Waals surface area (Å²) >= 11 is 0. The van der Waals surface area contributed by atoms with Crippen LogP contribution in [0, 0.1) is 5.92 Å². The average molecular weight is 476 g/mol. The largest absolute Gasteiger partial charge is 0.478 e. The van der Waals surface area contributed by atoms with Crippen LogP contribution in [0.15, 0.2) is 53.8 Å². The topological polar surface area (TPSA) is 55.8 Å². The van der Waals surface area contributed by atoms with Gasteiger partial charge in [0, 0.05) is 18.4 Å². The van der Waals surface area contributed by atoms with Gasteiger partial charge in [-0.3, -0.25) is 0 Å². The maximum absolute atomic E-state index is 13.3. The maximum atomic E-state index is 13.3. The lowest BCUT2D eigenvalue weighted by atomic mass is 9.81. The summed E-state index contributed by atoms with van der Waals surface area (Å²) in [6, 6.07) is 1.21. The predicted molar refractivity (Wildman–Crippen MR) is 106 cm³/mol. The van der Waals surface area contributed by atoms with Gasteiger partial charge in [0.1, 0.15) is 0 Å². The number of rotatable bonds is 5. The number of carbonyl (C=O) groups is 1. The number of aliphatic carboxylic acids is 1. The van der Waals surface area contributed by atoms with E-state index in [-0.39, 0.29) is 28.7 Å². The highest BCUT2D eigenvalue weighted by Gasteiger charge is 2.43. The van der Waals surface area contributed by atoms with Gasteiger partial charge in [0.15, 0.2) is 0 Å². The van der Waals surface area contributed by atoms with Crippen LogP contribution in [0.4, 0.5) is 26.3 Å². The molecular formula is C23H22F6O4. The number of hydrogen-bond acceptors (Lipinski definition) is 3. The second-order valence-corrected chi connectivity index (χ2v) is 8.06. The first-order valence-electron chi connectivity index (χ1n) is 10.2. The molecule has 1 heterocycles. The van der Waals surface area contributed by atoms with Crippen LogP contribution in [0.1, 0.15) is 55.9 Å². The van der Waals surface area contributed by atoms with E-state index < -0.39 is 41.3 Å². The van der Waals surface area contributed by atoms with Crippen LogP contribution in [-0.4, -0.2) is 16.9 Å². The summed E-state index contributed by atoms with van der Waals surface area (Å²) in [6.07, 6.45) is -3.08. The molecule has 0 aromatic heterocycles. The molecule has 3 rings (SSSR count). The molecule has 0 saturated heterocycles. The zero-order valence-corrected chi connectivity index (χ0v) is 17.8. The highest BCUT2D eigenvalue weighted by molar-refractivity contribution is 5.91. The molecule has 0 bridgehead atoms. The normalized spacial score (nSPS) is 24.5. The first-order valence-corrected chi connectivity index (χ1v) is 10.2. The molecule has 0 amide bonds. The molecule has 33 heavy (non-hydrogen) atoms. The fourth-order valence-electron chi connectivity index (χ4n) is 4.12. The van der Waals surface area contributed by atoms with Gasteiger partial charge in [0.2, 0.25) is 5.79 Å². The Morgan fingerprint density at radius 2 is 1.76 bits per heavy atom. The summed E-state index contributed by atoms with van der Waals surface area (Å²) in [5, 5.41) is 9.68. The number of alkyl halides is 6. The van der Waals surface area contributed by atoms with E-state index in [4.69, 9.17) is 9.47 Å². The molecule has 1 aliphatic carbocycles. The number of carboxylic acids is 1. The molecule has 0 saturated carbocycles. The van der Waals surface area contributed by atoms with Gasteiger partial charge in [0.25, 0.3) is 0 Å². The van der Waals surface area contributed by atoms with Gasteiger partial charge in [-0.15, -0.1) is 0 Å². The molecule has 0 radical (unpaired) electrons. The van der Waals surface area contributed by atoms with Crippen molar-refractivity contribution in [3.63, 3.8) is 0 Å². The zero-order chi connectivity index (χ0) is 24.6. The molecule has 3 atom stereocenters.